The summed E-state index contributed by atoms with van der Waals surface area (Å²) in [5, 5.41) is 17.6. The molecule has 1 aromatic heterocycles. The molecule has 2 rings (SSSR count). The molecular weight excluding hydrogens is 248 g/mol. The fourth-order valence-electron chi connectivity index (χ4n) is 1.78. The van der Waals surface area contributed by atoms with Gasteiger partial charge in [-0.05, 0) is 24.1 Å². The molecule has 0 aliphatic carbocycles. The van der Waals surface area contributed by atoms with Crippen molar-refractivity contribution >= 4 is 11.6 Å². The third-order valence-electron chi connectivity index (χ3n) is 2.66. The molecule has 0 radical (unpaired) electrons. The second-order valence-corrected chi connectivity index (χ2v) is 4.46. The number of nitriles is 1. The molecule has 0 spiro atoms. The Morgan fingerprint density at radius 3 is 2.67 bits per heavy atom. The first-order valence-electron chi connectivity index (χ1n) is 5.81. The van der Waals surface area contributed by atoms with Gasteiger partial charge in [0.15, 0.2) is 5.69 Å². The minimum Gasteiger partial charge on any atom is -0.248 e. The van der Waals surface area contributed by atoms with Gasteiger partial charge in [-0.25, -0.2) is 4.68 Å². The molecule has 1 aromatic carbocycles. The largest absolute Gasteiger partial charge is 0.248 e. The number of hydrogen-bond donors (Lipinski definition) is 0. The van der Waals surface area contributed by atoms with Gasteiger partial charge in [0.25, 0.3) is 0 Å². The quantitative estimate of drug-likeness (QED) is 0.849. The van der Waals surface area contributed by atoms with Crippen molar-refractivity contribution in [2.24, 2.45) is 0 Å². The Balaban J connectivity index is 2.29. The van der Waals surface area contributed by atoms with E-state index in [9.17, 15) is 0 Å². The van der Waals surface area contributed by atoms with Crippen LogP contribution in [0.3, 0.4) is 0 Å². The molecule has 2 aromatic rings. The maximum Gasteiger partial charge on any atom is 0.186 e. The van der Waals surface area contributed by atoms with E-state index in [1.807, 2.05) is 24.3 Å². The van der Waals surface area contributed by atoms with Crippen LogP contribution >= 0.6 is 11.6 Å². The molecule has 0 amide bonds. The fraction of sp³-hybridized carbons (Fsp3) is 0.308. The molecule has 0 atom stereocenters. The lowest BCUT2D eigenvalue weighted by Gasteiger charge is -2.05. The number of nitrogens with zero attached hydrogens (tertiary/aromatic N) is 4. The highest BCUT2D eigenvalue weighted by Crippen LogP contribution is 2.15. The van der Waals surface area contributed by atoms with Gasteiger partial charge in [0.2, 0.25) is 0 Å². The first kappa shape index (κ1) is 12.6. The predicted molar refractivity (Wildman–Crippen MR) is 69.3 cm³/mol. The predicted octanol–water partition coefficient (Wildman–Crippen LogP) is 2.80. The van der Waals surface area contributed by atoms with Crippen molar-refractivity contribution in [3.63, 3.8) is 0 Å². The van der Waals surface area contributed by atoms with Crippen LogP contribution in [-0.2, 0) is 13.0 Å². The summed E-state index contributed by atoms with van der Waals surface area (Å²) in [5.41, 5.74) is 2.36. The molecule has 0 aliphatic rings. The second kappa shape index (κ2) is 5.65. The SMILES string of the molecule is CCCn1nnc(C#N)c1Cc1ccc(Cl)cc1. The second-order valence-electron chi connectivity index (χ2n) is 4.02. The number of hydrogen-bond acceptors (Lipinski definition) is 3. The molecule has 0 bridgehead atoms. The smallest absolute Gasteiger partial charge is 0.186 e. The average Bonchev–Trinajstić information content (AvgIpc) is 2.75. The topological polar surface area (TPSA) is 54.5 Å². The summed E-state index contributed by atoms with van der Waals surface area (Å²) in [5.74, 6) is 0. The number of benzene rings is 1. The van der Waals surface area contributed by atoms with E-state index in [2.05, 4.69) is 23.3 Å². The van der Waals surface area contributed by atoms with Crippen molar-refractivity contribution in [2.45, 2.75) is 26.3 Å². The van der Waals surface area contributed by atoms with Crippen LogP contribution in [0.15, 0.2) is 24.3 Å². The molecular formula is C13H13ClN4. The molecule has 0 saturated carbocycles. The lowest BCUT2D eigenvalue weighted by atomic mass is 10.1. The Kier molecular flexibility index (Phi) is 3.96. The molecule has 0 aliphatic heterocycles. The zero-order chi connectivity index (χ0) is 13.0. The zero-order valence-corrected chi connectivity index (χ0v) is 10.9. The molecule has 5 heteroatoms. The van der Waals surface area contributed by atoms with Gasteiger partial charge in [0.1, 0.15) is 6.07 Å². The van der Waals surface area contributed by atoms with Crippen molar-refractivity contribution in [1.29, 1.82) is 5.26 Å². The average molecular weight is 261 g/mol. The normalized spacial score (nSPS) is 10.3. The minimum absolute atomic E-state index is 0.401. The summed E-state index contributed by atoms with van der Waals surface area (Å²) in [7, 11) is 0. The van der Waals surface area contributed by atoms with Crippen LogP contribution in [0.4, 0.5) is 0 Å². The highest BCUT2D eigenvalue weighted by molar-refractivity contribution is 6.30. The Labute approximate surface area is 111 Å². The van der Waals surface area contributed by atoms with Gasteiger partial charge in [-0.1, -0.05) is 35.9 Å². The molecule has 18 heavy (non-hydrogen) atoms. The summed E-state index contributed by atoms with van der Waals surface area (Å²) in [6.07, 6.45) is 1.61. The fourth-order valence-corrected chi connectivity index (χ4v) is 1.91. The first-order valence-corrected chi connectivity index (χ1v) is 6.19. The third-order valence-corrected chi connectivity index (χ3v) is 2.92. The maximum atomic E-state index is 9.04. The summed E-state index contributed by atoms with van der Waals surface area (Å²) >= 11 is 5.85. The Bertz CT molecular complexity index is 566. The van der Waals surface area contributed by atoms with Crippen molar-refractivity contribution < 1.29 is 0 Å². The molecule has 0 saturated heterocycles. The van der Waals surface area contributed by atoms with Crippen LogP contribution in [0.2, 0.25) is 5.02 Å². The third kappa shape index (κ3) is 2.69. The summed E-state index contributed by atoms with van der Waals surface area (Å²) in [6, 6.07) is 9.68. The van der Waals surface area contributed by atoms with Gasteiger partial charge in [-0.2, -0.15) is 5.26 Å². The Morgan fingerprint density at radius 1 is 1.33 bits per heavy atom. The molecule has 0 fully saturated rings. The highest BCUT2D eigenvalue weighted by atomic mass is 35.5. The van der Waals surface area contributed by atoms with E-state index in [1.165, 1.54) is 0 Å². The van der Waals surface area contributed by atoms with E-state index in [0.717, 1.165) is 24.2 Å². The first-order chi connectivity index (χ1) is 8.74. The van der Waals surface area contributed by atoms with Crippen molar-refractivity contribution in [1.82, 2.24) is 15.0 Å². The molecule has 0 N–H and O–H groups in total. The Hall–Kier alpha value is -1.86. The van der Waals surface area contributed by atoms with Crippen LogP contribution in [-0.4, -0.2) is 15.0 Å². The maximum absolute atomic E-state index is 9.04. The van der Waals surface area contributed by atoms with E-state index < -0.39 is 0 Å². The van der Waals surface area contributed by atoms with Crippen LogP contribution in [0.25, 0.3) is 0 Å². The number of halogens is 1. The summed E-state index contributed by atoms with van der Waals surface area (Å²) in [6.45, 7) is 2.84. The van der Waals surface area contributed by atoms with E-state index >= 15 is 0 Å². The van der Waals surface area contributed by atoms with E-state index in [-0.39, 0.29) is 0 Å². The van der Waals surface area contributed by atoms with E-state index in [1.54, 1.807) is 4.68 Å². The lowest BCUT2D eigenvalue weighted by molar-refractivity contribution is 0.560. The minimum atomic E-state index is 0.401. The molecule has 1 heterocycles. The van der Waals surface area contributed by atoms with Gasteiger partial charge in [-0.3, -0.25) is 0 Å². The van der Waals surface area contributed by atoms with Gasteiger partial charge in [-0.15, -0.1) is 5.10 Å². The van der Waals surface area contributed by atoms with E-state index in [0.29, 0.717) is 17.1 Å². The van der Waals surface area contributed by atoms with Crippen LogP contribution in [0.5, 0.6) is 0 Å². The number of aromatic nitrogens is 3. The van der Waals surface area contributed by atoms with Gasteiger partial charge >= 0.3 is 0 Å². The van der Waals surface area contributed by atoms with Crippen LogP contribution in [0, 0.1) is 11.3 Å². The standard InChI is InChI=1S/C13H13ClN4/c1-2-7-18-13(12(9-15)16-17-18)8-10-3-5-11(14)6-4-10/h3-6H,2,7-8H2,1H3. The van der Waals surface area contributed by atoms with Gasteiger partial charge in [0, 0.05) is 18.0 Å². The van der Waals surface area contributed by atoms with Gasteiger partial charge < -0.3 is 0 Å². The van der Waals surface area contributed by atoms with Crippen molar-refractivity contribution in [2.75, 3.05) is 0 Å². The molecule has 0 unspecified atom stereocenters. The summed E-state index contributed by atoms with van der Waals surface area (Å²) < 4.78 is 1.80. The van der Waals surface area contributed by atoms with Crippen molar-refractivity contribution in [3.8, 4) is 6.07 Å². The monoisotopic (exact) mass is 260 g/mol. The molecule has 92 valence electrons. The van der Waals surface area contributed by atoms with E-state index in [4.69, 9.17) is 16.9 Å². The number of rotatable bonds is 4. The molecule has 4 nitrogen and oxygen atoms in total. The van der Waals surface area contributed by atoms with Gasteiger partial charge in [0.05, 0.1) is 5.69 Å². The highest BCUT2D eigenvalue weighted by Gasteiger charge is 2.12. The van der Waals surface area contributed by atoms with Crippen LogP contribution < -0.4 is 0 Å². The lowest BCUT2D eigenvalue weighted by Crippen LogP contribution is -2.06. The Morgan fingerprint density at radius 2 is 2.06 bits per heavy atom. The van der Waals surface area contributed by atoms with Crippen LogP contribution in [0.1, 0.15) is 30.3 Å². The zero-order valence-electron chi connectivity index (χ0n) is 10.1. The summed E-state index contributed by atoms with van der Waals surface area (Å²) in [4.78, 5) is 0. The number of aryl methyl sites for hydroxylation is 1. The van der Waals surface area contributed by atoms with Crippen molar-refractivity contribution in [3.05, 3.63) is 46.2 Å².